The Hall–Kier alpha value is -1.46. The highest BCUT2D eigenvalue weighted by Crippen LogP contribution is 2.29. The molecule has 0 spiro atoms. The van der Waals surface area contributed by atoms with Crippen molar-refractivity contribution in [1.29, 1.82) is 0 Å². The van der Waals surface area contributed by atoms with Gasteiger partial charge in [-0.2, -0.15) is 0 Å². The summed E-state index contributed by atoms with van der Waals surface area (Å²) in [5, 5.41) is 2.75. The molecule has 2 heterocycles. The van der Waals surface area contributed by atoms with Crippen molar-refractivity contribution in [1.82, 2.24) is 15.2 Å². The number of pyridine rings is 1. The maximum Gasteiger partial charge on any atom is 0.222 e. The monoisotopic (exact) mass is 290 g/mol. The second-order valence-electron chi connectivity index (χ2n) is 5.73. The largest absolute Gasteiger partial charge is 0.359 e. The standard InChI is InChI=1S/C16H26N4O/c1-3-14(17)15(13-5-4-8-19-11-13)20-9-6-12(7-10-20)16(21)18-2/h4-5,8,11-12,14-15H,3,6-7,9-10,17H2,1-2H3,(H,18,21). The Morgan fingerprint density at radius 2 is 2.24 bits per heavy atom. The van der Waals surface area contributed by atoms with Crippen LogP contribution in [0, 0.1) is 5.92 Å². The number of likely N-dealkylation sites (tertiary alicyclic amines) is 1. The minimum Gasteiger partial charge on any atom is -0.359 e. The van der Waals surface area contributed by atoms with Gasteiger partial charge in [-0.15, -0.1) is 0 Å². The van der Waals surface area contributed by atoms with Gasteiger partial charge in [-0.25, -0.2) is 0 Å². The number of hydrogen-bond acceptors (Lipinski definition) is 4. The van der Waals surface area contributed by atoms with Gasteiger partial charge in [0.1, 0.15) is 0 Å². The van der Waals surface area contributed by atoms with E-state index < -0.39 is 0 Å². The van der Waals surface area contributed by atoms with Crippen LogP contribution in [0.25, 0.3) is 0 Å². The van der Waals surface area contributed by atoms with Gasteiger partial charge in [0.05, 0.1) is 6.04 Å². The Balaban J connectivity index is 2.08. The molecule has 0 radical (unpaired) electrons. The molecule has 1 aromatic rings. The molecule has 116 valence electrons. The second-order valence-corrected chi connectivity index (χ2v) is 5.73. The summed E-state index contributed by atoms with van der Waals surface area (Å²) in [6, 6.07) is 4.33. The summed E-state index contributed by atoms with van der Waals surface area (Å²) in [4.78, 5) is 18.4. The molecule has 2 atom stereocenters. The number of carbonyl (C=O) groups is 1. The topological polar surface area (TPSA) is 71.2 Å². The molecular weight excluding hydrogens is 264 g/mol. The van der Waals surface area contributed by atoms with Gasteiger partial charge in [0, 0.05) is 31.4 Å². The molecule has 0 aliphatic carbocycles. The summed E-state index contributed by atoms with van der Waals surface area (Å²) < 4.78 is 0. The number of carbonyl (C=O) groups excluding carboxylic acids is 1. The maximum atomic E-state index is 11.7. The van der Waals surface area contributed by atoms with Crippen LogP contribution in [0.3, 0.4) is 0 Å². The van der Waals surface area contributed by atoms with Crippen LogP contribution in [0.4, 0.5) is 0 Å². The van der Waals surface area contributed by atoms with E-state index in [9.17, 15) is 4.79 Å². The van der Waals surface area contributed by atoms with Gasteiger partial charge in [-0.1, -0.05) is 13.0 Å². The van der Waals surface area contributed by atoms with E-state index in [4.69, 9.17) is 5.73 Å². The molecule has 21 heavy (non-hydrogen) atoms. The molecule has 1 aromatic heterocycles. The number of piperidine rings is 1. The number of nitrogens with two attached hydrogens (primary N) is 1. The fraction of sp³-hybridized carbons (Fsp3) is 0.625. The highest BCUT2D eigenvalue weighted by Gasteiger charge is 2.31. The van der Waals surface area contributed by atoms with Crippen molar-refractivity contribution in [2.45, 2.75) is 38.3 Å². The van der Waals surface area contributed by atoms with Crippen LogP contribution in [-0.2, 0) is 4.79 Å². The van der Waals surface area contributed by atoms with E-state index in [1.807, 2.05) is 12.3 Å². The van der Waals surface area contributed by atoms with Gasteiger partial charge in [0.15, 0.2) is 0 Å². The third-order valence-corrected chi connectivity index (χ3v) is 4.44. The summed E-state index contributed by atoms with van der Waals surface area (Å²) in [6.45, 7) is 3.93. The number of nitrogens with zero attached hydrogens (tertiary/aromatic N) is 2. The van der Waals surface area contributed by atoms with Gasteiger partial charge in [-0.05, 0) is 44.0 Å². The summed E-state index contributed by atoms with van der Waals surface area (Å²) in [7, 11) is 1.71. The minimum absolute atomic E-state index is 0.0887. The average molecular weight is 290 g/mol. The summed E-state index contributed by atoms with van der Waals surface area (Å²) in [6.07, 6.45) is 6.41. The lowest BCUT2D eigenvalue weighted by molar-refractivity contribution is -0.126. The van der Waals surface area contributed by atoms with Crippen molar-refractivity contribution in [3.05, 3.63) is 30.1 Å². The molecule has 0 aromatic carbocycles. The molecule has 1 aliphatic rings. The van der Waals surface area contributed by atoms with Crippen LogP contribution in [0.2, 0.25) is 0 Å². The van der Waals surface area contributed by atoms with Crippen molar-refractivity contribution in [3.63, 3.8) is 0 Å². The van der Waals surface area contributed by atoms with Crippen LogP contribution >= 0.6 is 0 Å². The van der Waals surface area contributed by atoms with Crippen molar-refractivity contribution >= 4 is 5.91 Å². The number of nitrogens with one attached hydrogen (secondary N) is 1. The van der Waals surface area contributed by atoms with E-state index in [-0.39, 0.29) is 23.9 Å². The lowest BCUT2D eigenvalue weighted by Crippen LogP contribution is -2.46. The Labute approximate surface area is 126 Å². The van der Waals surface area contributed by atoms with Gasteiger partial charge < -0.3 is 11.1 Å². The summed E-state index contributed by atoms with van der Waals surface area (Å²) >= 11 is 0. The zero-order valence-electron chi connectivity index (χ0n) is 13.0. The summed E-state index contributed by atoms with van der Waals surface area (Å²) in [5.74, 6) is 0.297. The molecular formula is C16H26N4O. The van der Waals surface area contributed by atoms with E-state index in [0.29, 0.717) is 0 Å². The van der Waals surface area contributed by atoms with E-state index in [2.05, 4.69) is 28.2 Å². The normalized spacial score (nSPS) is 20.0. The maximum absolute atomic E-state index is 11.7. The molecule has 1 saturated heterocycles. The molecule has 3 N–H and O–H groups in total. The first-order valence-corrected chi connectivity index (χ1v) is 7.78. The molecule has 5 nitrogen and oxygen atoms in total. The van der Waals surface area contributed by atoms with E-state index in [1.165, 1.54) is 5.56 Å². The first kappa shape index (κ1) is 15.9. The number of hydrogen-bond donors (Lipinski definition) is 2. The van der Waals surface area contributed by atoms with Crippen LogP contribution in [-0.4, -0.2) is 42.0 Å². The lowest BCUT2D eigenvalue weighted by atomic mass is 9.91. The molecule has 0 saturated carbocycles. The highest BCUT2D eigenvalue weighted by molar-refractivity contribution is 5.78. The Kier molecular flexibility index (Phi) is 5.70. The molecule has 5 heteroatoms. The highest BCUT2D eigenvalue weighted by atomic mass is 16.1. The fourth-order valence-corrected chi connectivity index (χ4v) is 3.15. The van der Waals surface area contributed by atoms with E-state index >= 15 is 0 Å². The van der Waals surface area contributed by atoms with Gasteiger partial charge in [-0.3, -0.25) is 14.7 Å². The van der Waals surface area contributed by atoms with Crippen LogP contribution < -0.4 is 11.1 Å². The third kappa shape index (κ3) is 3.80. The Morgan fingerprint density at radius 3 is 2.76 bits per heavy atom. The first-order valence-electron chi connectivity index (χ1n) is 7.78. The quantitative estimate of drug-likeness (QED) is 0.858. The van der Waals surface area contributed by atoms with Crippen molar-refractivity contribution in [3.8, 4) is 0 Å². The minimum atomic E-state index is 0.0887. The predicted molar refractivity (Wildman–Crippen MR) is 83.6 cm³/mol. The number of aromatic nitrogens is 1. The zero-order chi connectivity index (χ0) is 15.2. The third-order valence-electron chi connectivity index (χ3n) is 4.44. The SMILES string of the molecule is CCC(N)C(c1cccnc1)N1CCC(C(=O)NC)CC1. The van der Waals surface area contributed by atoms with Gasteiger partial charge >= 0.3 is 0 Å². The van der Waals surface area contributed by atoms with Crippen molar-refractivity contribution in [2.75, 3.05) is 20.1 Å². The molecule has 1 fully saturated rings. The van der Waals surface area contributed by atoms with Crippen LogP contribution in [0.15, 0.2) is 24.5 Å². The molecule has 1 aliphatic heterocycles. The smallest absolute Gasteiger partial charge is 0.222 e. The summed E-state index contributed by atoms with van der Waals surface area (Å²) in [5.41, 5.74) is 7.52. The Bertz CT molecular complexity index is 443. The Morgan fingerprint density at radius 1 is 1.52 bits per heavy atom. The second kappa shape index (κ2) is 7.52. The number of amides is 1. The lowest BCUT2D eigenvalue weighted by Gasteiger charge is -2.39. The first-order chi connectivity index (χ1) is 10.2. The fourth-order valence-electron chi connectivity index (χ4n) is 3.15. The molecule has 1 amide bonds. The molecule has 2 unspecified atom stereocenters. The average Bonchev–Trinajstić information content (AvgIpc) is 2.55. The number of rotatable bonds is 5. The predicted octanol–water partition coefficient (Wildman–Crippen LogP) is 1.32. The van der Waals surface area contributed by atoms with Gasteiger partial charge in [0.25, 0.3) is 0 Å². The zero-order valence-corrected chi connectivity index (χ0v) is 13.0. The van der Waals surface area contributed by atoms with Crippen molar-refractivity contribution < 1.29 is 4.79 Å². The van der Waals surface area contributed by atoms with Crippen LogP contribution in [0.1, 0.15) is 37.8 Å². The van der Waals surface area contributed by atoms with E-state index in [1.54, 1.807) is 13.2 Å². The van der Waals surface area contributed by atoms with Gasteiger partial charge in [0.2, 0.25) is 5.91 Å². The van der Waals surface area contributed by atoms with E-state index in [0.717, 1.165) is 32.4 Å². The molecule has 0 bridgehead atoms. The molecule has 2 rings (SSSR count). The van der Waals surface area contributed by atoms with Crippen molar-refractivity contribution in [2.24, 2.45) is 11.7 Å². The van der Waals surface area contributed by atoms with Crippen LogP contribution in [0.5, 0.6) is 0 Å².